The summed E-state index contributed by atoms with van der Waals surface area (Å²) in [4.78, 5) is 12.4. The van der Waals surface area contributed by atoms with Crippen molar-refractivity contribution in [1.29, 1.82) is 0 Å². The predicted molar refractivity (Wildman–Crippen MR) is 97.0 cm³/mol. The number of rotatable bonds is 6. The van der Waals surface area contributed by atoms with Crippen molar-refractivity contribution < 1.29 is 17.9 Å². The predicted octanol–water partition coefficient (Wildman–Crippen LogP) is 2.12. The molecular formula is C18H28N2O4S. The maximum absolute atomic E-state index is 12.8. The number of ether oxygens (including phenoxy) is 1. The van der Waals surface area contributed by atoms with E-state index in [4.69, 9.17) is 4.74 Å². The Bertz CT molecular complexity index is 678. The van der Waals surface area contributed by atoms with Gasteiger partial charge in [0, 0.05) is 31.8 Å². The highest BCUT2D eigenvalue weighted by Gasteiger charge is 2.31. The number of nitrogens with zero attached hydrogens (tertiary/aromatic N) is 1. The van der Waals surface area contributed by atoms with Gasteiger partial charge in [0.2, 0.25) is 10.0 Å². The van der Waals surface area contributed by atoms with Crippen LogP contribution >= 0.6 is 0 Å². The largest absolute Gasteiger partial charge is 0.383 e. The van der Waals surface area contributed by atoms with Crippen LogP contribution in [0.15, 0.2) is 29.2 Å². The first kappa shape index (κ1) is 19.9. The lowest BCUT2D eigenvalue weighted by atomic mass is 9.94. The van der Waals surface area contributed by atoms with Gasteiger partial charge in [-0.15, -0.1) is 0 Å². The summed E-state index contributed by atoms with van der Waals surface area (Å²) >= 11 is 0. The van der Waals surface area contributed by atoms with Crippen molar-refractivity contribution in [2.75, 3.05) is 26.8 Å². The Morgan fingerprint density at radius 1 is 1.24 bits per heavy atom. The van der Waals surface area contributed by atoms with Crippen molar-refractivity contribution in [1.82, 2.24) is 9.62 Å². The lowest BCUT2D eigenvalue weighted by Crippen LogP contribution is -2.42. The summed E-state index contributed by atoms with van der Waals surface area (Å²) in [6, 6.07) is 6.01. The lowest BCUT2D eigenvalue weighted by Gasteiger charge is -2.34. The number of benzene rings is 1. The van der Waals surface area contributed by atoms with Crippen molar-refractivity contribution in [3.05, 3.63) is 29.8 Å². The second-order valence-electron chi connectivity index (χ2n) is 7.12. The van der Waals surface area contributed by atoms with Gasteiger partial charge in [-0.3, -0.25) is 4.79 Å². The zero-order valence-corrected chi connectivity index (χ0v) is 16.2. The normalized spacial score (nSPS) is 23.2. The first-order valence-electron chi connectivity index (χ1n) is 8.64. The average Bonchev–Trinajstić information content (AvgIpc) is 2.54. The summed E-state index contributed by atoms with van der Waals surface area (Å²) in [5, 5.41) is 2.81. The van der Waals surface area contributed by atoms with Crippen LogP contribution in [-0.2, 0) is 14.8 Å². The highest BCUT2D eigenvalue weighted by atomic mass is 32.2. The van der Waals surface area contributed by atoms with E-state index in [0.717, 1.165) is 6.42 Å². The molecule has 2 rings (SSSR count). The lowest BCUT2D eigenvalue weighted by molar-refractivity contribution is 0.0905. The Morgan fingerprint density at radius 2 is 1.80 bits per heavy atom. The highest BCUT2D eigenvalue weighted by Crippen LogP contribution is 2.26. The first-order chi connectivity index (χ1) is 11.7. The summed E-state index contributed by atoms with van der Waals surface area (Å²) in [7, 11) is -1.95. The van der Waals surface area contributed by atoms with Gasteiger partial charge in [-0.1, -0.05) is 13.8 Å². The van der Waals surface area contributed by atoms with Crippen LogP contribution in [0, 0.1) is 11.8 Å². The Morgan fingerprint density at radius 3 is 2.32 bits per heavy atom. The SMILES string of the molecule is COCC(C)NC(=O)c1ccc(S(=O)(=O)N2CC(C)CC(C)C2)cc1. The Balaban J connectivity index is 2.11. The number of hydrogen-bond donors (Lipinski definition) is 1. The third-order valence-corrected chi connectivity index (χ3v) is 6.23. The molecule has 1 heterocycles. The standard InChI is InChI=1S/C18H28N2O4S/c1-13-9-14(2)11-20(10-13)25(22,23)17-7-5-16(6-8-17)18(21)19-15(3)12-24-4/h5-8,13-15H,9-12H2,1-4H3,(H,19,21). The van der Waals surface area contributed by atoms with E-state index in [2.05, 4.69) is 19.2 Å². The number of carbonyl (C=O) groups is 1. The summed E-state index contributed by atoms with van der Waals surface area (Å²) in [5.74, 6) is 0.463. The van der Waals surface area contributed by atoms with Crippen LogP contribution in [-0.4, -0.2) is 51.5 Å². The van der Waals surface area contributed by atoms with Crippen LogP contribution in [0.1, 0.15) is 37.6 Å². The molecular weight excluding hydrogens is 340 g/mol. The maximum atomic E-state index is 12.8. The molecule has 1 saturated heterocycles. The Kier molecular flexibility index (Phi) is 6.59. The summed E-state index contributed by atoms with van der Waals surface area (Å²) in [5.41, 5.74) is 0.433. The van der Waals surface area contributed by atoms with Gasteiger partial charge >= 0.3 is 0 Å². The second-order valence-corrected chi connectivity index (χ2v) is 9.06. The average molecular weight is 368 g/mol. The highest BCUT2D eigenvalue weighted by molar-refractivity contribution is 7.89. The van der Waals surface area contributed by atoms with Gasteiger partial charge in [-0.2, -0.15) is 4.31 Å². The van der Waals surface area contributed by atoms with Gasteiger partial charge in [-0.05, 0) is 49.4 Å². The number of nitrogens with one attached hydrogen (secondary N) is 1. The second kappa shape index (κ2) is 8.29. The zero-order valence-electron chi connectivity index (χ0n) is 15.4. The van der Waals surface area contributed by atoms with Crippen LogP contribution in [0.5, 0.6) is 0 Å². The van der Waals surface area contributed by atoms with Crippen LogP contribution in [0.2, 0.25) is 0 Å². The van der Waals surface area contributed by atoms with E-state index in [1.165, 1.54) is 12.1 Å². The molecule has 1 aromatic carbocycles. The van der Waals surface area contributed by atoms with Gasteiger partial charge in [0.05, 0.1) is 11.5 Å². The third kappa shape index (κ3) is 5.03. The molecule has 25 heavy (non-hydrogen) atoms. The number of carbonyl (C=O) groups excluding carboxylic acids is 1. The van der Waals surface area contributed by atoms with Crippen molar-refractivity contribution in [2.24, 2.45) is 11.8 Å². The van der Waals surface area contributed by atoms with Crippen LogP contribution in [0.25, 0.3) is 0 Å². The Labute approximate surface area is 150 Å². The van der Waals surface area contributed by atoms with E-state index in [-0.39, 0.29) is 16.8 Å². The molecule has 6 nitrogen and oxygen atoms in total. The number of methoxy groups -OCH3 is 1. The van der Waals surface area contributed by atoms with Gasteiger partial charge in [-0.25, -0.2) is 8.42 Å². The number of piperidine rings is 1. The van der Waals surface area contributed by atoms with Gasteiger partial charge in [0.15, 0.2) is 0 Å². The topological polar surface area (TPSA) is 75.7 Å². The van der Waals surface area contributed by atoms with E-state index in [1.807, 2.05) is 6.92 Å². The maximum Gasteiger partial charge on any atom is 0.251 e. The number of amides is 1. The molecule has 1 fully saturated rings. The van der Waals surface area contributed by atoms with E-state index in [9.17, 15) is 13.2 Å². The van der Waals surface area contributed by atoms with Crippen molar-refractivity contribution in [2.45, 2.75) is 38.1 Å². The van der Waals surface area contributed by atoms with Gasteiger partial charge in [0.1, 0.15) is 0 Å². The fourth-order valence-corrected chi connectivity index (χ4v) is 5.01. The minimum absolute atomic E-state index is 0.114. The van der Waals surface area contributed by atoms with Crippen molar-refractivity contribution in [3.63, 3.8) is 0 Å². The smallest absolute Gasteiger partial charge is 0.251 e. The van der Waals surface area contributed by atoms with Crippen LogP contribution in [0.4, 0.5) is 0 Å². The van der Waals surface area contributed by atoms with E-state index in [0.29, 0.717) is 37.1 Å². The molecule has 140 valence electrons. The van der Waals surface area contributed by atoms with Crippen molar-refractivity contribution in [3.8, 4) is 0 Å². The first-order valence-corrected chi connectivity index (χ1v) is 10.1. The molecule has 1 N–H and O–H groups in total. The van der Waals surface area contributed by atoms with Gasteiger partial charge in [0.25, 0.3) is 5.91 Å². The fourth-order valence-electron chi connectivity index (χ4n) is 3.33. The summed E-state index contributed by atoms with van der Waals surface area (Å²) in [6.45, 7) is 7.51. The molecule has 1 amide bonds. The van der Waals surface area contributed by atoms with E-state index in [1.54, 1.807) is 23.5 Å². The zero-order chi connectivity index (χ0) is 18.6. The van der Waals surface area contributed by atoms with Crippen molar-refractivity contribution >= 4 is 15.9 Å². The molecule has 0 bridgehead atoms. The molecule has 0 aliphatic carbocycles. The van der Waals surface area contributed by atoms with Crippen LogP contribution < -0.4 is 5.32 Å². The summed E-state index contributed by atoms with van der Waals surface area (Å²) < 4.78 is 32.2. The Hall–Kier alpha value is -1.44. The van der Waals surface area contributed by atoms with E-state index < -0.39 is 10.0 Å². The minimum atomic E-state index is -3.52. The molecule has 0 saturated carbocycles. The van der Waals surface area contributed by atoms with E-state index >= 15 is 0 Å². The molecule has 1 aliphatic rings. The van der Waals surface area contributed by atoms with Gasteiger partial charge < -0.3 is 10.1 Å². The summed E-state index contributed by atoms with van der Waals surface area (Å²) in [6.07, 6.45) is 1.05. The fraction of sp³-hybridized carbons (Fsp3) is 0.611. The molecule has 1 aliphatic heterocycles. The number of sulfonamides is 1. The minimum Gasteiger partial charge on any atom is -0.383 e. The van der Waals surface area contributed by atoms with Crippen LogP contribution in [0.3, 0.4) is 0 Å². The molecule has 3 unspecified atom stereocenters. The molecule has 0 spiro atoms. The quantitative estimate of drug-likeness (QED) is 0.834. The molecule has 7 heteroatoms. The molecule has 1 aromatic rings. The molecule has 3 atom stereocenters. The number of hydrogen-bond acceptors (Lipinski definition) is 4. The molecule has 0 radical (unpaired) electrons. The molecule has 0 aromatic heterocycles. The third-order valence-electron chi connectivity index (χ3n) is 4.38. The monoisotopic (exact) mass is 368 g/mol.